The number of rotatable bonds is 5. The molecule has 154 valence electrons. The number of halogens is 1. The average molecular weight is 490 g/mol. The van der Waals surface area contributed by atoms with E-state index >= 15 is 0 Å². The summed E-state index contributed by atoms with van der Waals surface area (Å²) < 4.78 is 5.63. The standard InChI is InChI=1S/C20H34N4O2.HI/c1-6-21-19(22-15-18(26-5)20(2,3)4)24-13-11-23(12-14-24)16-9-7-8-10-17(16)25;/h7-10,18,25H,6,11-15H2,1-5H3,(H,21,22);1H. The Kier molecular flexibility index (Phi) is 9.66. The van der Waals surface area contributed by atoms with Gasteiger partial charge in [-0.1, -0.05) is 32.9 Å². The number of piperazine rings is 1. The van der Waals surface area contributed by atoms with E-state index in [1.807, 2.05) is 18.2 Å². The molecule has 6 nitrogen and oxygen atoms in total. The van der Waals surface area contributed by atoms with E-state index in [-0.39, 0.29) is 35.5 Å². The third-order valence-corrected chi connectivity index (χ3v) is 4.79. The van der Waals surface area contributed by atoms with Crippen LogP contribution in [0.5, 0.6) is 5.75 Å². The topological polar surface area (TPSA) is 60.3 Å². The van der Waals surface area contributed by atoms with Gasteiger partial charge in [0.2, 0.25) is 0 Å². The highest BCUT2D eigenvalue weighted by Crippen LogP contribution is 2.27. The zero-order valence-electron chi connectivity index (χ0n) is 17.2. The Labute approximate surface area is 181 Å². The van der Waals surface area contributed by atoms with Crippen molar-refractivity contribution in [3.05, 3.63) is 24.3 Å². The number of hydrogen-bond donors (Lipinski definition) is 2. The Bertz CT molecular complexity index is 596. The predicted octanol–water partition coefficient (Wildman–Crippen LogP) is 3.16. The number of aliphatic imine (C=N–C) groups is 1. The smallest absolute Gasteiger partial charge is 0.194 e. The van der Waals surface area contributed by atoms with E-state index in [0.717, 1.165) is 44.4 Å². The summed E-state index contributed by atoms with van der Waals surface area (Å²) in [4.78, 5) is 9.34. The maximum absolute atomic E-state index is 10.1. The summed E-state index contributed by atoms with van der Waals surface area (Å²) in [6.07, 6.45) is 0.0821. The summed E-state index contributed by atoms with van der Waals surface area (Å²) in [5.74, 6) is 1.28. The molecule has 0 aromatic heterocycles. The molecule has 1 saturated heterocycles. The van der Waals surface area contributed by atoms with E-state index in [2.05, 4.69) is 42.8 Å². The Morgan fingerprint density at radius 3 is 2.37 bits per heavy atom. The van der Waals surface area contributed by atoms with E-state index in [1.165, 1.54) is 0 Å². The molecule has 1 heterocycles. The van der Waals surface area contributed by atoms with Gasteiger partial charge in [0.15, 0.2) is 5.96 Å². The second-order valence-corrected chi connectivity index (χ2v) is 7.75. The number of methoxy groups -OCH3 is 1. The number of phenolic OH excluding ortho intramolecular Hbond substituents is 1. The molecule has 1 fully saturated rings. The summed E-state index contributed by atoms with van der Waals surface area (Å²) in [7, 11) is 1.75. The molecule has 2 rings (SSSR count). The molecule has 0 saturated carbocycles. The first-order valence-corrected chi connectivity index (χ1v) is 9.45. The van der Waals surface area contributed by atoms with Crippen LogP contribution >= 0.6 is 24.0 Å². The van der Waals surface area contributed by atoms with Crippen molar-refractivity contribution >= 4 is 35.6 Å². The number of para-hydroxylation sites is 2. The van der Waals surface area contributed by atoms with Crippen LogP contribution < -0.4 is 10.2 Å². The van der Waals surface area contributed by atoms with Gasteiger partial charge in [0.05, 0.1) is 18.3 Å². The van der Waals surface area contributed by atoms with E-state index in [4.69, 9.17) is 9.73 Å². The number of nitrogens with one attached hydrogen (secondary N) is 1. The van der Waals surface area contributed by atoms with Gasteiger partial charge < -0.3 is 25.0 Å². The van der Waals surface area contributed by atoms with Gasteiger partial charge in [-0.3, -0.25) is 4.99 Å². The van der Waals surface area contributed by atoms with Crippen molar-refractivity contribution in [3.63, 3.8) is 0 Å². The number of benzene rings is 1. The van der Waals surface area contributed by atoms with Gasteiger partial charge in [0.25, 0.3) is 0 Å². The third-order valence-electron chi connectivity index (χ3n) is 4.79. The van der Waals surface area contributed by atoms with Crippen LogP contribution in [0.15, 0.2) is 29.3 Å². The second-order valence-electron chi connectivity index (χ2n) is 7.75. The van der Waals surface area contributed by atoms with Crippen molar-refractivity contribution in [3.8, 4) is 5.75 Å². The number of phenols is 1. The largest absolute Gasteiger partial charge is 0.506 e. The maximum Gasteiger partial charge on any atom is 0.194 e. The minimum Gasteiger partial charge on any atom is -0.506 e. The van der Waals surface area contributed by atoms with Crippen molar-refractivity contribution in [1.82, 2.24) is 10.2 Å². The molecular weight excluding hydrogens is 455 g/mol. The first kappa shape index (κ1) is 23.8. The highest BCUT2D eigenvalue weighted by Gasteiger charge is 2.25. The number of anilines is 1. The molecule has 0 bridgehead atoms. The number of hydrogen-bond acceptors (Lipinski definition) is 4. The fourth-order valence-electron chi connectivity index (χ4n) is 3.19. The summed E-state index contributed by atoms with van der Waals surface area (Å²) in [5, 5.41) is 13.5. The lowest BCUT2D eigenvalue weighted by molar-refractivity contribution is 0.0239. The molecule has 1 aromatic rings. The van der Waals surface area contributed by atoms with Crippen LogP contribution in [0.2, 0.25) is 0 Å². The normalized spacial score (nSPS) is 16.7. The highest BCUT2D eigenvalue weighted by atomic mass is 127. The fraction of sp³-hybridized carbons (Fsp3) is 0.650. The molecule has 1 unspecified atom stereocenters. The van der Waals surface area contributed by atoms with Crippen molar-refractivity contribution in [2.45, 2.75) is 33.8 Å². The molecule has 1 atom stereocenters. The number of guanidine groups is 1. The van der Waals surface area contributed by atoms with Crippen molar-refractivity contribution in [2.24, 2.45) is 10.4 Å². The lowest BCUT2D eigenvalue weighted by atomic mass is 9.89. The Hall–Kier alpha value is -1.22. The van der Waals surface area contributed by atoms with Gasteiger partial charge in [-0.15, -0.1) is 24.0 Å². The van der Waals surface area contributed by atoms with Crippen LogP contribution in [0.4, 0.5) is 5.69 Å². The van der Waals surface area contributed by atoms with Crippen LogP contribution in [0.25, 0.3) is 0 Å². The van der Waals surface area contributed by atoms with Crippen LogP contribution in [0.1, 0.15) is 27.7 Å². The van der Waals surface area contributed by atoms with Gasteiger partial charge in [-0.2, -0.15) is 0 Å². The SMILES string of the molecule is CCNC(=NCC(OC)C(C)(C)C)N1CCN(c2ccccc2O)CC1.I. The first-order valence-electron chi connectivity index (χ1n) is 9.45. The van der Waals surface area contributed by atoms with Gasteiger partial charge in [-0.05, 0) is 24.5 Å². The van der Waals surface area contributed by atoms with E-state index in [0.29, 0.717) is 12.3 Å². The average Bonchev–Trinajstić information content (AvgIpc) is 2.61. The second kappa shape index (κ2) is 10.9. The van der Waals surface area contributed by atoms with Gasteiger partial charge in [0.1, 0.15) is 5.75 Å². The molecular formula is C20H35IN4O2. The van der Waals surface area contributed by atoms with Gasteiger partial charge in [-0.25, -0.2) is 0 Å². The van der Waals surface area contributed by atoms with Crippen LogP contribution in [-0.2, 0) is 4.74 Å². The predicted molar refractivity (Wildman–Crippen MR) is 124 cm³/mol. The van der Waals surface area contributed by atoms with E-state index in [1.54, 1.807) is 13.2 Å². The van der Waals surface area contributed by atoms with Crippen LogP contribution in [0.3, 0.4) is 0 Å². The Balaban J connectivity index is 0.00000364. The molecule has 0 spiro atoms. The fourth-order valence-corrected chi connectivity index (χ4v) is 3.19. The van der Waals surface area contributed by atoms with Crippen molar-refractivity contribution < 1.29 is 9.84 Å². The monoisotopic (exact) mass is 490 g/mol. The number of aromatic hydroxyl groups is 1. The summed E-state index contributed by atoms with van der Waals surface area (Å²) in [6.45, 7) is 13.5. The molecule has 1 aliphatic rings. The Morgan fingerprint density at radius 2 is 1.85 bits per heavy atom. The maximum atomic E-state index is 10.1. The van der Waals surface area contributed by atoms with Crippen molar-refractivity contribution in [2.75, 3.05) is 51.3 Å². The summed E-state index contributed by atoms with van der Waals surface area (Å²) in [5.41, 5.74) is 0.959. The summed E-state index contributed by atoms with van der Waals surface area (Å²) >= 11 is 0. The third kappa shape index (κ3) is 6.71. The number of nitrogens with zero attached hydrogens (tertiary/aromatic N) is 3. The molecule has 27 heavy (non-hydrogen) atoms. The zero-order chi connectivity index (χ0) is 19.2. The van der Waals surface area contributed by atoms with Gasteiger partial charge in [0, 0.05) is 39.8 Å². The van der Waals surface area contributed by atoms with Crippen LogP contribution in [0, 0.1) is 5.41 Å². The molecule has 2 N–H and O–H groups in total. The molecule has 1 aliphatic heterocycles. The molecule has 0 aliphatic carbocycles. The first-order chi connectivity index (χ1) is 12.4. The molecule has 0 amide bonds. The van der Waals surface area contributed by atoms with Crippen LogP contribution in [-0.4, -0.2) is 68.4 Å². The molecule has 0 radical (unpaired) electrons. The van der Waals surface area contributed by atoms with Crippen molar-refractivity contribution in [1.29, 1.82) is 0 Å². The lowest BCUT2D eigenvalue weighted by Gasteiger charge is -2.38. The Morgan fingerprint density at radius 1 is 1.22 bits per heavy atom. The summed E-state index contributed by atoms with van der Waals surface area (Å²) in [6, 6.07) is 7.53. The lowest BCUT2D eigenvalue weighted by Crippen LogP contribution is -2.53. The highest BCUT2D eigenvalue weighted by molar-refractivity contribution is 14.0. The molecule has 7 heteroatoms. The minimum atomic E-state index is 0. The molecule has 1 aromatic carbocycles. The van der Waals surface area contributed by atoms with Gasteiger partial charge >= 0.3 is 0 Å². The van der Waals surface area contributed by atoms with E-state index < -0.39 is 0 Å². The quantitative estimate of drug-likeness (QED) is 0.378. The zero-order valence-corrected chi connectivity index (χ0v) is 19.6. The van der Waals surface area contributed by atoms with E-state index in [9.17, 15) is 5.11 Å². The minimum absolute atomic E-state index is 0. The number of ether oxygens (including phenoxy) is 1.